The molecule has 0 fully saturated rings. The molecule has 2 aromatic carbocycles. The zero-order valence-electron chi connectivity index (χ0n) is 23.5. The van der Waals surface area contributed by atoms with E-state index in [4.69, 9.17) is 24.5 Å². The van der Waals surface area contributed by atoms with E-state index in [0.29, 0.717) is 57.2 Å². The molecule has 0 spiro atoms. The zero-order valence-corrected chi connectivity index (χ0v) is 24.3. The van der Waals surface area contributed by atoms with Crippen LogP contribution >= 0.6 is 0 Å². The summed E-state index contributed by atoms with van der Waals surface area (Å²) in [4.78, 5) is 13.4. The van der Waals surface area contributed by atoms with Gasteiger partial charge in [-0.2, -0.15) is 8.42 Å². The molecule has 0 radical (unpaired) electrons. The Labute approximate surface area is 247 Å². The van der Waals surface area contributed by atoms with Crippen molar-refractivity contribution in [2.75, 3.05) is 38.9 Å². The van der Waals surface area contributed by atoms with Crippen molar-refractivity contribution in [1.29, 1.82) is 0 Å². The fourth-order valence-electron chi connectivity index (χ4n) is 4.77. The van der Waals surface area contributed by atoms with Crippen LogP contribution in [0.25, 0.3) is 32.9 Å². The van der Waals surface area contributed by atoms with Crippen molar-refractivity contribution >= 4 is 37.6 Å². The highest BCUT2D eigenvalue weighted by molar-refractivity contribution is 7.85. The number of hydrogen-bond acceptors (Lipinski definition) is 10. The number of methoxy groups -OCH3 is 2. The van der Waals surface area contributed by atoms with Gasteiger partial charge in [0.05, 0.1) is 37.4 Å². The summed E-state index contributed by atoms with van der Waals surface area (Å²) in [6.45, 7) is 0.0958. The number of nitrogens with zero attached hydrogens (tertiary/aromatic N) is 3. The summed E-state index contributed by atoms with van der Waals surface area (Å²) in [5.74, 6) is 0.987. The Hall–Kier alpha value is -4.59. The van der Waals surface area contributed by atoms with Gasteiger partial charge in [0.15, 0.2) is 11.5 Å². The fraction of sp³-hybridized carbons (Fsp3) is 0.233. The molecule has 0 bridgehead atoms. The minimum atomic E-state index is -4.15. The monoisotopic (exact) mass is 607 g/mol. The highest BCUT2D eigenvalue weighted by Crippen LogP contribution is 2.37. The van der Waals surface area contributed by atoms with Gasteiger partial charge in [0.1, 0.15) is 24.0 Å². The number of nitrogen functional groups attached to an aromatic ring is 1. The molecule has 0 saturated heterocycles. The first kappa shape index (κ1) is 29.9. The van der Waals surface area contributed by atoms with Crippen molar-refractivity contribution < 1.29 is 31.6 Å². The third-order valence-corrected chi connectivity index (χ3v) is 7.56. The van der Waals surface area contributed by atoms with Crippen molar-refractivity contribution in [3.63, 3.8) is 0 Å². The van der Waals surface area contributed by atoms with Crippen LogP contribution in [0.15, 0.2) is 67.1 Å². The predicted molar refractivity (Wildman–Crippen MR) is 162 cm³/mol. The molecule has 4 N–H and O–H groups in total. The second kappa shape index (κ2) is 12.7. The van der Waals surface area contributed by atoms with Crippen LogP contribution in [0, 0.1) is 5.82 Å². The number of halogens is 1. The summed E-state index contributed by atoms with van der Waals surface area (Å²) in [5, 5.41) is 5.37. The van der Waals surface area contributed by atoms with Gasteiger partial charge in [-0.25, -0.2) is 9.37 Å². The van der Waals surface area contributed by atoms with Crippen LogP contribution in [-0.4, -0.2) is 67.1 Å². The highest BCUT2D eigenvalue weighted by Gasteiger charge is 2.16. The predicted octanol–water partition coefficient (Wildman–Crippen LogP) is 4.05. The fourth-order valence-corrected chi connectivity index (χ4v) is 5.15. The third-order valence-electron chi connectivity index (χ3n) is 6.84. The summed E-state index contributed by atoms with van der Waals surface area (Å²) >= 11 is 0. The van der Waals surface area contributed by atoms with Gasteiger partial charge in [-0.05, 0) is 47.7 Å². The summed E-state index contributed by atoms with van der Waals surface area (Å²) in [7, 11) is -1.03. The van der Waals surface area contributed by atoms with Gasteiger partial charge >= 0.3 is 0 Å². The van der Waals surface area contributed by atoms with E-state index >= 15 is 0 Å². The van der Waals surface area contributed by atoms with Gasteiger partial charge in [-0.15, -0.1) is 0 Å². The second-order valence-corrected chi connectivity index (χ2v) is 11.4. The molecule has 13 heteroatoms. The van der Waals surface area contributed by atoms with Gasteiger partial charge in [0, 0.05) is 47.4 Å². The number of ether oxygens (including phenoxy) is 3. The van der Waals surface area contributed by atoms with Crippen LogP contribution in [0.1, 0.15) is 5.56 Å². The number of benzene rings is 2. The minimum absolute atomic E-state index is 0.0137. The lowest BCUT2D eigenvalue weighted by Gasteiger charge is -2.19. The van der Waals surface area contributed by atoms with Crippen LogP contribution in [0.5, 0.6) is 17.2 Å². The number of pyridine rings is 3. The minimum Gasteiger partial charge on any atom is -0.493 e. The molecule has 0 aliphatic heterocycles. The molecule has 0 saturated carbocycles. The maximum Gasteiger partial charge on any atom is 0.266 e. The number of fused-ring (bicyclic) bond motifs is 3. The van der Waals surface area contributed by atoms with Crippen LogP contribution < -0.4 is 25.3 Å². The Kier molecular flexibility index (Phi) is 8.85. The first-order chi connectivity index (χ1) is 20.6. The number of anilines is 1. The normalized spacial score (nSPS) is 12.4. The van der Waals surface area contributed by atoms with Crippen molar-refractivity contribution in [2.45, 2.75) is 12.5 Å². The average Bonchev–Trinajstić information content (AvgIpc) is 2.98. The third kappa shape index (κ3) is 7.25. The van der Waals surface area contributed by atoms with Gasteiger partial charge in [-0.1, -0.05) is 12.1 Å². The SMILES string of the molecule is COc1cc2ncc3c(N)nc(-c4cncc(OCC(Cc5cccc(F)c5)NCCS(=O)(=O)O)c4)cc3c2cc1OC. The van der Waals surface area contributed by atoms with Crippen LogP contribution in [0.3, 0.4) is 0 Å². The van der Waals surface area contributed by atoms with Crippen LogP contribution in [0.2, 0.25) is 0 Å². The van der Waals surface area contributed by atoms with E-state index in [1.807, 2.05) is 12.1 Å². The van der Waals surface area contributed by atoms with Crippen molar-refractivity contribution in [3.05, 3.63) is 78.5 Å². The molecule has 11 nitrogen and oxygen atoms in total. The molecule has 3 aromatic heterocycles. The van der Waals surface area contributed by atoms with E-state index < -0.39 is 21.9 Å². The molecular weight excluding hydrogens is 577 g/mol. The summed E-state index contributed by atoms with van der Waals surface area (Å²) in [6.07, 6.45) is 5.21. The van der Waals surface area contributed by atoms with Crippen LogP contribution in [-0.2, 0) is 16.5 Å². The highest BCUT2D eigenvalue weighted by atomic mass is 32.2. The molecule has 3 heterocycles. The topological polar surface area (TPSA) is 159 Å². The first-order valence-corrected chi connectivity index (χ1v) is 14.9. The lowest BCUT2D eigenvalue weighted by Crippen LogP contribution is -2.39. The summed E-state index contributed by atoms with van der Waals surface area (Å²) < 4.78 is 62.2. The Balaban J connectivity index is 1.42. The Bertz CT molecular complexity index is 1890. The van der Waals surface area contributed by atoms with Gasteiger partial charge in [-0.3, -0.25) is 14.5 Å². The van der Waals surface area contributed by atoms with E-state index in [1.165, 1.54) is 12.1 Å². The molecule has 5 rings (SSSR count). The second-order valence-electron chi connectivity index (χ2n) is 9.83. The maximum absolute atomic E-state index is 13.8. The molecule has 1 atom stereocenters. The van der Waals surface area contributed by atoms with Crippen molar-refractivity contribution in [3.8, 4) is 28.5 Å². The standard InChI is InChI=1S/C30H30FN5O6S/c1-40-28-12-24-23-11-26(36-30(32)25(23)16-35-27(24)13-29(28)41-2)19-10-22(15-33-14-19)42-17-21(34-6-7-43(37,38)39)9-18-4-3-5-20(31)8-18/h3-5,8,10-16,21,34H,6-7,9,17H2,1-2H3,(H2,32,36)(H,37,38,39). The molecular formula is C30H30FN5O6S. The molecule has 1 unspecified atom stereocenters. The smallest absolute Gasteiger partial charge is 0.266 e. The molecule has 0 aliphatic rings. The van der Waals surface area contributed by atoms with Gasteiger partial charge in [0.25, 0.3) is 10.1 Å². The van der Waals surface area contributed by atoms with E-state index in [2.05, 4.69) is 20.3 Å². The summed E-state index contributed by atoms with van der Waals surface area (Å²) in [5.41, 5.74) is 8.97. The number of rotatable bonds is 12. The van der Waals surface area contributed by atoms with Gasteiger partial charge < -0.3 is 25.3 Å². The number of nitrogens with two attached hydrogens (primary N) is 1. The Morgan fingerprint density at radius 2 is 1.79 bits per heavy atom. The van der Waals surface area contributed by atoms with E-state index in [1.54, 1.807) is 57.1 Å². The quantitative estimate of drug-likeness (QED) is 0.139. The Morgan fingerprint density at radius 1 is 1.00 bits per heavy atom. The number of hydrogen-bond donors (Lipinski definition) is 3. The average molecular weight is 608 g/mol. The lowest BCUT2D eigenvalue weighted by molar-refractivity contribution is 0.264. The van der Waals surface area contributed by atoms with Crippen LogP contribution in [0.4, 0.5) is 10.2 Å². The maximum atomic E-state index is 13.8. The van der Waals surface area contributed by atoms with E-state index in [-0.39, 0.29) is 19.0 Å². The lowest BCUT2D eigenvalue weighted by atomic mass is 10.0. The molecule has 0 amide bonds. The summed E-state index contributed by atoms with van der Waals surface area (Å²) in [6, 6.07) is 13.0. The first-order valence-electron chi connectivity index (χ1n) is 13.3. The Morgan fingerprint density at radius 3 is 2.53 bits per heavy atom. The van der Waals surface area contributed by atoms with E-state index in [9.17, 15) is 12.8 Å². The van der Waals surface area contributed by atoms with E-state index in [0.717, 1.165) is 10.8 Å². The zero-order chi connectivity index (χ0) is 30.6. The molecule has 0 aliphatic carbocycles. The van der Waals surface area contributed by atoms with Crippen molar-refractivity contribution in [2.24, 2.45) is 0 Å². The van der Waals surface area contributed by atoms with Crippen molar-refractivity contribution in [1.82, 2.24) is 20.3 Å². The molecule has 5 aromatic rings. The number of nitrogens with one attached hydrogen (secondary N) is 1. The molecule has 43 heavy (non-hydrogen) atoms. The molecule has 224 valence electrons. The number of aromatic nitrogens is 3. The largest absolute Gasteiger partial charge is 0.493 e. The van der Waals surface area contributed by atoms with Gasteiger partial charge in [0.2, 0.25) is 0 Å².